The zero-order valence-electron chi connectivity index (χ0n) is 13.2. The molecule has 0 spiro atoms. The molecule has 1 saturated heterocycles. The van der Waals surface area contributed by atoms with Crippen LogP contribution in [0.1, 0.15) is 27.9 Å². The summed E-state index contributed by atoms with van der Waals surface area (Å²) in [7, 11) is 0. The fraction of sp³-hybridized carbons (Fsp3) is 0.250. The molecule has 1 unspecified atom stereocenters. The Morgan fingerprint density at radius 3 is 2.58 bits per heavy atom. The SMILES string of the molecule is O=C(NCC1CCOC1)c1ccccc1C#Cc1ccccc1F. The van der Waals surface area contributed by atoms with Gasteiger partial charge >= 0.3 is 0 Å². The van der Waals surface area contributed by atoms with E-state index in [2.05, 4.69) is 17.2 Å². The van der Waals surface area contributed by atoms with Crippen LogP contribution in [-0.2, 0) is 4.74 Å². The van der Waals surface area contributed by atoms with Crippen molar-refractivity contribution in [3.63, 3.8) is 0 Å². The van der Waals surface area contributed by atoms with Gasteiger partial charge in [0.05, 0.1) is 17.7 Å². The van der Waals surface area contributed by atoms with Crippen LogP contribution in [0, 0.1) is 23.6 Å². The third kappa shape index (κ3) is 4.01. The van der Waals surface area contributed by atoms with E-state index in [4.69, 9.17) is 4.74 Å². The van der Waals surface area contributed by atoms with E-state index in [0.29, 0.717) is 35.8 Å². The average Bonchev–Trinajstić information content (AvgIpc) is 3.13. The molecule has 0 aliphatic carbocycles. The second kappa shape index (κ2) is 7.76. The van der Waals surface area contributed by atoms with Gasteiger partial charge in [0.1, 0.15) is 5.82 Å². The highest BCUT2D eigenvalue weighted by Gasteiger charge is 2.17. The lowest BCUT2D eigenvalue weighted by Gasteiger charge is -2.10. The second-order valence-corrected chi connectivity index (χ2v) is 5.72. The summed E-state index contributed by atoms with van der Waals surface area (Å²) in [6.07, 6.45) is 0.967. The van der Waals surface area contributed by atoms with Crippen molar-refractivity contribution >= 4 is 5.91 Å². The van der Waals surface area contributed by atoms with Gasteiger partial charge in [-0.05, 0) is 30.7 Å². The van der Waals surface area contributed by atoms with E-state index in [1.807, 2.05) is 6.07 Å². The van der Waals surface area contributed by atoms with Gasteiger partial charge in [-0.3, -0.25) is 4.79 Å². The minimum absolute atomic E-state index is 0.166. The van der Waals surface area contributed by atoms with Crippen LogP contribution >= 0.6 is 0 Å². The summed E-state index contributed by atoms with van der Waals surface area (Å²) in [4.78, 5) is 12.4. The lowest BCUT2D eigenvalue weighted by Crippen LogP contribution is -2.30. The number of hydrogen-bond acceptors (Lipinski definition) is 2. The summed E-state index contributed by atoms with van der Waals surface area (Å²) in [5.41, 5.74) is 1.40. The Morgan fingerprint density at radius 1 is 1.12 bits per heavy atom. The molecule has 3 nitrogen and oxygen atoms in total. The van der Waals surface area contributed by atoms with Crippen LogP contribution in [0.5, 0.6) is 0 Å². The zero-order chi connectivity index (χ0) is 16.8. The lowest BCUT2D eigenvalue weighted by atomic mass is 10.1. The van der Waals surface area contributed by atoms with Gasteiger partial charge in [-0.1, -0.05) is 36.1 Å². The number of rotatable bonds is 3. The standard InChI is InChI=1S/C20H18FNO2/c21-19-8-4-2-6-17(19)10-9-16-5-1-3-7-18(16)20(23)22-13-15-11-12-24-14-15/h1-8,15H,11-14H2,(H,22,23). The van der Waals surface area contributed by atoms with Gasteiger partial charge in [-0.2, -0.15) is 0 Å². The summed E-state index contributed by atoms with van der Waals surface area (Å²) in [6.45, 7) is 2.04. The summed E-state index contributed by atoms with van der Waals surface area (Å²) in [5.74, 6) is 5.53. The van der Waals surface area contributed by atoms with Crippen molar-refractivity contribution in [2.75, 3.05) is 19.8 Å². The highest BCUT2D eigenvalue weighted by Crippen LogP contribution is 2.12. The van der Waals surface area contributed by atoms with Gasteiger partial charge in [-0.25, -0.2) is 4.39 Å². The van der Waals surface area contributed by atoms with E-state index >= 15 is 0 Å². The number of halogens is 1. The molecule has 1 heterocycles. The van der Waals surface area contributed by atoms with Crippen LogP contribution in [0.15, 0.2) is 48.5 Å². The number of nitrogens with one attached hydrogen (secondary N) is 1. The smallest absolute Gasteiger partial charge is 0.252 e. The number of benzene rings is 2. The predicted molar refractivity (Wildman–Crippen MR) is 90.1 cm³/mol. The number of carbonyl (C=O) groups excluding carboxylic acids is 1. The molecule has 1 atom stereocenters. The Kier molecular flexibility index (Phi) is 5.25. The maximum atomic E-state index is 13.7. The Bertz CT molecular complexity index is 785. The molecule has 4 heteroatoms. The van der Waals surface area contributed by atoms with Gasteiger partial charge in [0.25, 0.3) is 5.91 Å². The first-order valence-electron chi connectivity index (χ1n) is 7.95. The van der Waals surface area contributed by atoms with Crippen LogP contribution in [-0.4, -0.2) is 25.7 Å². The van der Waals surface area contributed by atoms with Gasteiger partial charge < -0.3 is 10.1 Å². The maximum absolute atomic E-state index is 13.7. The molecule has 1 fully saturated rings. The fourth-order valence-electron chi connectivity index (χ4n) is 2.56. The molecule has 122 valence electrons. The van der Waals surface area contributed by atoms with Crippen LogP contribution in [0.4, 0.5) is 4.39 Å². The topological polar surface area (TPSA) is 38.3 Å². The zero-order valence-corrected chi connectivity index (χ0v) is 13.2. The van der Waals surface area contributed by atoms with Crippen molar-refractivity contribution in [3.8, 4) is 11.8 Å². The maximum Gasteiger partial charge on any atom is 0.252 e. The monoisotopic (exact) mass is 323 g/mol. The molecule has 24 heavy (non-hydrogen) atoms. The molecule has 3 rings (SSSR count). The van der Waals surface area contributed by atoms with Crippen LogP contribution < -0.4 is 5.32 Å². The van der Waals surface area contributed by atoms with E-state index in [9.17, 15) is 9.18 Å². The molecule has 1 N–H and O–H groups in total. The average molecular weight is 323 g/mol. The van der Waals surface area contributed by atoms with Crippen molar-refractivity contribution in [1.29, 1.82) is 0 Å². The molecule has 0 bridgehead atoms. The van der Waals surface area contributed by atoms with Crippen LogP contribution in [0.3, 0.4) is 0 Å². The molecular formula is C20H18FNO2. The van der Waals surface area contributed by atoms with Gasteiger partial charge in [0.2, 0.25) is 0 Å². The molecule has 1 aliphatic rings. The minimum Gasteiger partial charge on any atom is -0.381 e. The number of amides is 1. The van der Waals surface area contributed by atoms with Crippen molar-refractivity contribution in [3.05, 3.63) is 71.0 Å². The third-order valence-corrected chi connectivity index (χ3v) is 3.95. The summed E-state index contributed by atoms with van der Waals surface area (Å²) in [5, 5.41) is 2.93. The molecule has 0 saturated carbocycles. The Balaban J connectivity index is 1.75. The molecular weight excluding hydrogens is 305 g/mol. The molecule has 1 aliphatic heterocycles. The van der Waals surface area contributed by atoms with E-state index in [-0.39, 0.29) is 11.7 Å². The van der Waals surface area contributed by atoms with E-state index < -0.39 is 0 Å². The summed E-state index contributed by atoms with van der Waals surface area (Å²) < 4.78 is 19.0. The minimum atomic E-state index is -0.367. The lowest BCUT2D eigenvalue weighted by molar-refractivity contribution is 0.0945. The van der Waals surface area contributed by atoms with Crippen molar-refractivity contribution in [2.45, 2.75) is 6.42 Å². The largest absolute Gasteiger partial charge is 0.381 e. The molecule has 1 amide bonds. The van der Waals surface area contributed by atoms with Gasteiger partial charge in [0, 0.05) is 24.6 Å². The highest BCUT2D eigenvalue weighted by atomic mass is 19.1. The molecule has 0 aromatic heterocycles. The van der Waals surface area contributed by atoms with E-state index in [1.54, 1.807) is 36.4 Å². The Morgan fingerprint density at radius 2 is 1.83 bits per heavy atom. The second-order valence-electron chi connectivity index (χ2n) is 5.72. The summed E-state index contributed by atoms with van der Waals surface area (Å²) >= 11 is 0. The van der Waals surface area contributed by atoms with E-state index in [1.165, 1.54) is 6.07 Å². The first-order valence-corrected chi connectivity index (χ1v) is 7.95. The number of hydrogen-bond donors (Lipinski definition) is 1. The van der Waals surface area contributed by atoms with Crippen LogP contribution in [0.25, 0.3) is 0 Å². The molecule has 2 aromatic carbocycles. The number of carbonyl (C=O) groups is 1. The number of ether oxygens (including phenoxy) is 1. The Hall–Kier alpha value is -2.64. The normalized spacial score (nSPS) is 16.3. The third-order valence-electron chi connectivity index (χ3n) is 3.95. The van der Waals surface area contributed by atoms with Crippen LogP contribution in [0.2, 0.25) is 0 Å². The first-order chi connectivity index (χ1) is 11.7. The molecule has 2 aromatic rings. The fourth-order valence-corrected chi connectivity index (χ4v) is 2.56. The van der Waals surface area contributed by atoms with Crippen molar-refractivity contribution in [1.82, 2.24) is 5.32 Å². The molecule has 0 radical (unpaired) electrons. The van der Waals surface area contributed by atoms with Gasteiger partial charge in [0.15, 0.2) is 0 Å². The highest BCUT2D eigenvalue weighted by molar-refractivity contribution is 5.96. The quantitative estimate of drug-likeness (QED) is 0.882. The van der Waals surface area contributed by atoms with Gasteiger partial charge in [-0.15, -0.1) is 0 Å². The van der Waals surface area contributed by atoms with Crippen molar-refractivity contribution < 1.29 is 13.9 Å². The van der Waals surface area contributed by atoms with E-state index in [0.717, 1.165) is 13.0 Å². The Labute approximate surface area is 140 Å². The first kappa shape index (κ1) is 16.2. The van der Waals surface area contributed by atoms with Crippen molar-refractivity contribution in [2.24, 2.45) is 5.92 Å². The summed E-state index contributed by atoms with van der Waals surface area (Å²) in [6, 6.07) is 13.4. The predicted octanol–water partition coefficient (Wildman–Crippen LogP) is 2.99.